The van der Waals surface area contributed by atoms with Gasteiger partial charge in [-0.1, -0.05) is 6.07 Å². The highest BCUT2D eigenvalue weighted by molar-refractivity contribution is 7.93. The molecule has 1 spiro atoms. The van der Waals surface area contributed by atoms with Gasteiger partial charge in [0.1, 0.15) is 4.75 Å². The number of nitrogens with zero attached hydrogens (tertiary/aromatic N) is 2. The summed E-state index contributed by atoms with van der Waals surface area (Å²) in [7, 11) is -9.24. The van der Waals surface area contributed by atoms with Gasteiger partial charge in [-0.2, -0.15) is 17.5 Å². The molecule has 1 atom stereocenters. The van der Waals surface area contributed by atoms with Gasteiger partial charge in [0.2, 0.25) is 5.88 Å². The molecule has 0 radical (unpaired) electrons. The predicted molar refractivity (Wildman–Crippen MR) is 80.9 cm³/mol. The topological polar surface area (TPSA) is 93.6 Å². The van der Waals surface area contributed by atoms with E-state index < -0.39 is 49.1 Å². The summed E-state index contributed by atoms with van der Waals surface area (Å²) < 4.78 is 89.5. The fourth-order valence-electron chi connectivity index (χ4n) is 3.19. The molecule has 1 aromatic rings. The third-order valence-corrected chi connectivity index (χ3v) is 8.82. The zero-order valence-electron chi connectivity index (χ0n) is 12.8. The van der Waals surface area contributed by atoms with E-state index in [1.807, 2.05) is 0 Å². The molecule has 2 fully saturated rings. The average Bonchev–Trinajstić information content (AvgIpc) is 2.74. The van der Waals surface area contributed by atoms with Crippen LogP contribution in [0.3, 0.4) is 0 Å². The second-order valence-electron chi connectivity index (χ2n) is 6.07. The molecule has 0 aliphatic carbocycles. The third-order valence-electron chi connectivity index (χ3n) is 4.69. The summed E-state index contributed by atoms with van der Waals surface area (Å²) in [5, 5.41) is 0. The van der Waals surface area contributed by atoms with Crippen molar-refractivity contribution in [1.29, 1.82) is 0 Å². The van der Waals surface area contributed by atoms with Crippen LogP contribution in [0.2, 0.25) is 0 Å². The maximum atomic E-state index is 12.6. The minimum Gasteiger partial charge on any atom is -0.477 e. The Labute approximate surface area is 142 Å². The summed E-state index contributed by atoms with van der Waals surface area (Å²) in [5.74, 6) is -0.538. The van der Waals surface area contributed by atoms with Crippen LogP contribution in [0.25, 0.3) is 0 Å². The summed E-state index contributed by atoms with van der Waals surface area (Å²) in [4.78, 5) is 3.93. The molecule has 2 aliphatic heterocycles. The van der Waals surface area contributed by atoms with Crippen LogP contribution in [0.5, 0.6) is 5.88 Å². The smallest absolute Gasteiger partial charge is 0.477 e. The van der Waals surface area contributed by atoms with Gasteiger partial charge in [-0.25, -0.2) is 21.8 Å². The molecule has 0 N–H and O–H groups in total. The first-order valence-electron chi connectivity index (χ1n) is 7.32. The Balaban J connectivity index is 1.77. The number of halogens is 3. The second kappa shape index (κ2) is 5.81. The van der Waals surface area contributed by atoms with E-state index in [0.29, 0.717) is 0 Å². The molecule has 140 valence electrons. The zero-order chi connectivity index (χ0) is 18.5. The normalized spacial score (nSPS) is 25.6. The van der Waals surface area contributed by atoms with Gasteiger partial charge in [-0.15, -0.1) is 0 Å². The van der Waals surface area contributed by atoms with Gasteiger partial charge in [0.15, 0.2) is 9.84 Å². The molecular weight excluding hydrogens is 385 g/mol. The van der Waals surface area contributed by atoms with Gasteiger partial charge < -0.3 is 4.74 Å². The predicted octanol–water partition coefficient (Wildman–Crippen LogP) is 0.799. The van der Waals surface area contributed by atoms with E-state index in [1.54, 1.807) is 18.2 Å². The summed E-state index contributed by atoms with van der Waals surface area (Å²) in [6.07, 6.45) is 1.69. The number of aromatic nitrogens is 1. The van der Waals surface area contributed by atoms with E-state index in [4.69, 9.17) is 4.74 Å². The maximum absolute atomic E-state index is 12.6. The lowest BCUT2D eigenvalue weighted by Crippen LogP contribution is -2.70. The summed E-state index contributed by atoms with van der Waals surface area (Å²) >= 11 is 0. The van der Waals surface area contributed by atoms with Gasteiger partial charge >= 0.3 is 15.5 Å². The van der Waals surface area contributed by atoms with E-state index in [1.165, 1.54) is 6.20 Å². The van der Waals surface area contributed by atoms with E-state index in [2.05, 4.69) is 4.98 Å². The standard InChI is InChI=1S/C13H15F3N2O5S2/c14-13(15,16)25(21,22)18-8-12(9-18)10(4-6-24(12,19)20)7-23-11-3-1-2-5-17-11/h1-3,5,10H,4,6-9H2/t10-/m0/s1. The first kappa shape index (κ1) is 18.4. The minimum atomic E-state index is -5.53. The molecule has 0 bridgehead atoms. The molecule has 25 heavy (non-hydrogen) atoms. The molecular formula is C13H15F3N2O5S2. The van der Waals surface area contributed by atoms with Crippen LogP contribution in [0.15, 0.2) is 24.4 Å². The lowest BCUT2D eigenvalue weighted by molar-refractivity contribution is -0.0527. The first-order chi connectivity index (χ1) is 11.5. The number of hydrogen-bond donors (Lipinski definition) is 0. The monoisotopic (exact) mass is 400 g/mol. The van der Waals surface area contributed by atoms with Gasteiger partial charge in [0.05, 0.1) is 12.4 Å². The van der Waals surface area contributed by atoms with Gasteiger partial charge in [0, 0.05) is 31.3 Å². The molecule has 2 saturated heterocycles. The highest BCUT2D eigenvalue weighted by atomic mass is 32.2. The van der Waals surface area contributed by atoms with E-state index in [9.17, 15) is 30.0 Å². The number of alkyl halides is 3. The number of sulfone groups is 1. The number of sulfonamides is 1. The fourth-order valence-corrected chi connectivity index (χ4v) is 6.85. The fraction of sp³-hybridized carbons (Fsp3) is 0.615. The molecule has 0 amide bonds. The van der Waals surface area contributed by atoms with Crippen molar-refractivity contribution in [2.75, 3.05) is 25.4 Å². The van der Waals surface area contributed by atoms with Crippen molar-refractivity contribution in [3.63, 3.8) is 0 Å². The number of pyridine rings is 1. The summed E-state index contributed by atoms with van der Waals surface area (Å²) in [5.41, 5.74) is -5.45. The van der Waals surface area contributed by atoms with Crippen LogP contribution in [-0.4, -0.2) is 61.8 Å². The molecule has 0 aromatic carbocycles. The molecule has 1 aromatic heterocycles. The number of rotatable bonds is 4. The Bertz CT molecular complexity index is 849. The molecule has 7 nitrogen and oxygen atoms in total. The Morgan fingerprint density at radius 1 is 1.32 bits per heavy atom. The van der Waals surface area contributed by atoms with Crippen molar-refractivity contribution in [1.82, 2.24) is 9.29 Å². The lowest BCUT2D eigenvalue weighted by Gasteiger charge is -2.48. The minimum absolute atomic E-state index is 0.0594. The second-order valence-corrected chi connectivity index (χ2v) is 10.4. The molecule has 3 rings (SSSR count). The van der Waals surface area contributed by atoms with Crippen LogP contribution in [0.4, 0.5) is 13.2 Å². The Kier molecular flexibility index (Phi) is 4.27. The number of ether oxygens (including phenoxy) is 1. The van der Waals surface area contributed by atoms with Crippen molar-refractivity contribution in [3.8, 4) is 5.88 Å². The van der Waals surface area contributed by atoms with Crippen LogP contribution >= 0.6 is 0 Å². The quantitative estimate of drug-likeness (QED) is 0.742. The lowest BCUT2D eigenvalue weighted by atomic mass is 9.85. The van der Waals surface area contributed by atoms with Crippen molar-refractivity contribution >= 4 is 19.9 Å². The Hall–Kier alpha value is -1.40. The van der Waals surface area contributed by atoms with E-state index in [-0.39, 0.29) is 29.0 Å². The van der Waals surface area contributed by atoms with Crippen LogP contribution in [0, 0.1) is 5.92 Å². The van der Waals surface area contributed by atoms with E-state index in [0.717, 1.165) is 0 Å². The van der Waals surface area contributed by atoms with Gasteiger partial charge in [-0.3, -0.25) is 0 Å². The zero-order valence-corrected chi connectivity index (χ0v) is 14.4. The van der Waals surface area contributed by atoms with Crippen LogP contribution in [-0.2, 0) is 19.9 Å². The van der Waals surface area contributed by atoms with Crippen molar-refractivity contribution in [2.45, 2.75) is 16.7 Å². The molecule has 0 saturated carbocycles. The Morgan fingerprint density at radius 2 is 2.00 bits per heavy atom. The molecule has 3 heterocycles. The third kappa shape index (κ3) is 2.89. The highest BCUT2D eigenvalue weighted by Gasteiger charge is 2.67. The van der Waals surface area contributed by atoms with Crippen molar-refractivity contribution in [3.05, 3.63) is 24.4 Å². The summed E-state index contributed by atoms with van der Waals surface area (Å²) in [6.45, 7) is -1.46. The van der Waals surface area contributed by atoms with Gasteiger partial charge in [-0.05, 0) is 12.5 Å². The molecule has 2 aliphatic rings. The SMILES string of the molecule is O=S1(=O)CC[C@@H](COc2ccccn2)C12CN(S(=O)(=O)C(F)(F)F)C2. The maximum Gasteiger partial charge on any atom is 0.511 e. The van der Waals surface area contributed by atoms with Crippen molar-refractivity contribution < 1.29 is 34.7 Å². The van der Waals surface area contributed by atoms with Gasteiger partial charge in [0.25, 0.3) is 0 Å². The number of hydrogen-bond acceptors (Lipinski definition) is 6. The Morgan fingerprint density at radius 3 is 2.56 bits per heavy atom. The largest absolute Gasteiger partial charge is 0.511 e. The van der Waals surface area contributed by atoms with E-state index >= 15 is 0 Å². The highest BCUT2D eigenvalue weighted by Crippen LogP contribution is 2.47. The molecule has 0 unspecified atom stereocenters. The molecule has 12 heteroatoms. The van der Waals surface area contributed by atoms with Crippen molar-refractivity contribution in [2.24, 2.45) is 5.92 Å². The van der Waals surface area contributed by atoms with Crippen LogP contribution < -0.4 is 4.74 Å². The first-order valence-corrected chi connectivity index (χ1v) is 10.4. The average molecular weight is 400 g/mol. The summed E-state index contributed by atoms with van der Waals surface area (Å²) in [6, 6.07) is 4.90. The van der Waals surface area contributed by atoms with Crippen LogP contribution in [0.1, 0.15) is 6.42 Å².